The first-order chi connectivity index (χ1) is 8.99. The molecule has 2 rings (SSSR count). The Morgan fingerprint density at radius 3 is 2.37 bits per heavy atom. The van der Waals surface area contributed by atoms with Crippen molar-refractivity contribution in [1.29, 1.82) is 0 Å². The third kappa shape index (κ3) is 3.57. The van der Waals surface area contributed by atoms with Crippen LogP contribution < -0.4 is 5.73 Å². The van der Waals surface area contributed by atoms with Gasteiger partial charge >= 0.3 is 0 Å². The molecule has 0 radical (unpaired) electrons. The predicted molar refractivity (Wildman–Crippen MR) is 77.6 cm³/mol. The molecule has 1 aromatic rings. The van der Waals surface area contributed by atoms with E-state index in [1.807, 2.05) is 18.7 Å². The molecule has 0 aromatic heterocycles. The number of aryl methyl sites for hydroxylation is 1. The summed E-state index contributed by atoms with van der Waals surface area (Å²) < 4.78 is 0. The summed E-state index contributed by atoms with van der Waals surface area (Å²) in [6.07, 6.45) is 2.23. The minimum atomic E-state index is -0.383. The summed E-state index contributed by atoms with van der Waals surface area (Å²) >= 11 is 0. The first kappa shape index (κ1) is 14.1. The van der Waals surface area contributed by atoms with Crippen molar-refractivity contribution in [3.63, 3.8) is 0 Å². The number of carbonyl (C=O) groups excluding carboxylic acids is 1. The average Bonchev–Trinajstić information content (AvgIpc) is 3.20. The second-order valence-electron chi connectivity index (χ2n) is 5.95. The molecule has 0 unspecified atom stereocenters. The Morgan fingerprint density at radius 1 is 1.32 bits per heavy atom. The van der Waals surface area contributed by atoms with Gasteiger partial charge in [-0.3, -0.25) is 4.79 Å². The maximum Gasteiger partial charge on any atom is 0.240 e. The molecule has 1 fully saturated rings. The maximum atomic E-state index is 12.4. The van der Waals surface area contributed by atoms with Gasteiger partial charge in [0.15, 0.2) is 0 Å². The van der Waals surface area contributed by atoms with E-state index in [1.54, 1.807) is 0 Å². The van der Waals surface area contributed by atoms with Gasteiger partial charge in [-0.25, -0.2) is 0 Å². The zero-order chi connectivity index (χ0) is 14.0. The number of hydrogen-bond acceptors (Lipinski definition) is 2. The summed E-state index contributed by atoms with van der Waals surface area (Å²) in [5, 5.41) is 0. The second kappa shape index (κ2) is 5.74. The number of carbonyl (C=O) groups is 1. The van der Waals surface area contributed by atoms with E-state index >= 15 is 0 Å². The van der Waals surface area contributed by atoms with E-state index < -0.39 is 0 Å². The van der Waals surface area contributed by atoms with Crippen LogP contribution >= 0.6 is 0 Å². The fourth-order valence-corrected chi connectivity index (χ4v) is 2.14. The van der Waals surface area contributed by atoms with Crippen LogP contribution in [0.1, 0.15) is 37.8 Å². The molecule has 1 atom stereocenters. The van der Waals surface area contributed by atoms with Crippen LogP contribution in [0.3, 0.4) is 0 Å². The number of benzene rings is 1. The predicted octanol–water partition coefficient (Wildman–Crippen LogP) is 2.47. The Hall–Kier alpha value is -1.35. The van der Waals surface area contributed by atoms with E-state index in [0.717, 1.165) is 12.8 Å². The lowest BCUT2D eigenvalue weighted by atomic mass is 10.0. The van der Waals surface area contributed by atoms with Crippen molar-refractivity contribution < 1.29 is 4.79 Å². The Balaban J connectivity index is 2.08. The minimum Gasteiger partial charge on any atom is -0.334 e. The summed E-state index contributed by atoms with van der Waals surface area (Å²) in [4.78, 5) is 14.4. The van der Waals surface area contributed by atoms with Crippen LogP contribution in [0.15, 0.2) is 24.3 Å². The van der Waals surface area contributed by atoms with Gasteiger partial charge in [-0.15, -0.1) is 0 Å². The summed E-state index contributed by atoms with van der Waals surface area (Å²) in [5.74, 6) is 0.282. The summed E-state index contributed by atoms with van der Waals surface area (Å²) in [6.45, 7) is 6.76. The monoisotopic (exact) mass is 260 g/mol. The maximum absolute atomic E-state index is 12.4. The number of rotatable bonds is 5. The van der Waals surface area contributed by atoms with Gasteiger partial charge in [0.1, 0.15) is 0 Å². The van der Waals surface area contributed by atoms with Gasteiger partial charge < -0.3 is 10.6 Å². The van der Waals surface area contributed by atoms with E-state index in [9.17, 15) is 4.79 Å². The number of nitrogens with zero attached hydrogens (tertiary/aromatic N) is 1. The van der Waals surface area contributed by atoms with Gasteiger partial charge in [-0.05, 0) is 31.2 Å². The van der Waals surface area contributed by atoms with E-state index in [2.05, 4.69) is 31.2 Å². The van der Waals surface area contributed by atoms with Crippen molar-refractivity contribution >= 4 is 5.91 Å². The SMILES string of the molecule is Cc1ccc(CN(C(=O)[C@H](N)C(C)C)C2CC2)cc1. The van der Waals surface area contributed by atoms with Crippen LogP contribution in [0.2, 0.25) is 0 Å². The molecule has 2 N–H and O–H groups in total. The van der Waals surface area contributed by atoms with Crippen molar-refractivity contribution in [1.82, 2.24) is 4.90 Å². The lowest BCUT2D eigenvalue weighted by Gasteiger charge is -2.27. The Labute approximate surface area is 115 Å². The van der Waals surface area contributed by atoms with Crippen LogP contribution in [-0.2, 0) is 11.3 Å². The standard InChI is InChI=1S/C16H24N2O/c1-11(2)15(17)16(19)18(14-8-9-14)10-13-6-4-12(3)5-7-13/h4-7,11,14-15H,8-10,17H2,1-3H3/t15-/m1/s1. The largest absolute Gasteiger partial charge is 0.334 e. The molecule has 104 valence electrons. The first-order valence-corrected chi connectivity index (χ1v) is 7.10. The van der Waals surface area contributed by atoms with Crippen LogP contribution in [0.25, 0.3) is 0 Å². The molecular formula is C16H24N2O. The number of amides is 1. The van der Waals surface area contributed by atoms with Gasteiger partial charge in [-0.2, -0.15) is 0 Å². The van der Waals surface area contributed by atoms with Crippen LogP contribution in [0.5, 0.6) is 0 Å². The van der Waals surface area contributed by atoms with E-state index in [-0.39, 0.29) is 17.9 Å². The van der Waals surface area contributed by atoms with Gasteiger partial charge in [-0.1, -0.05) is 43.7 Å². The van der Waals surface area contributed by atoms with Crippen LogP contribution in [0.4, 0.5) is 0 Å². The quantitative estimate of drug-likeness (QED) is 0.884. The zero-order valence-electron chi connectivity index (χ0n) is 12.1. The summed E-state index contributed by atoms with van der Waals surface area (Å²) in [5.41, 5.74) is 8.44. The molecule has 3 nitrogen and oxygen atoms in total. The van der Waals surface area contributed by atoms with Crippen LogP contribution in [-0.4, -0.2) is 22.9 Å². The van der Waals surface area contributed by atoms with Gasteiger partial charge in [0.05, 0.1) is 6.04 Å². The smallest absolute Gasteiger partial charge is 0.240 e. The second-order valence-corrected chi connectivity index (χ2v) is 5.95. The van der Waals surface area contributed by atoms with E-state index in [1.165, 1.54) is 11.1 Å². The Kier molecular flexibility index (Phi) is 4.25. The van der Waals surface area contributed by atoms with Crippen molar-refractivity contribution in [2.75, 3.05) is 0 Å². The average molecular weight is 260 g/mol. The first-order valence-electron chi connectivity index (χ1n) is 7.10. The van der Waals surface area contributed by atoms with E-state index in [0.29, 0.717) is 12.6 Å². The summed E-state index contributed by atoms with van der Waals surface area (Å²) in [6, 6.07) is 8.39. The van der Waals surface area contributed by atoms with Crippen molar-refractivity contribution in [2.45, 2.75) is 52.2 Å². The molecule has 1 aliphatic rings. The number of hydrogen-bond donors (Lipinski definition) is 1. The number of nitrogens with two attached hydrogens (primary N) is 1. The van der Waals surface area contributed by atoms with Crippen molar-refractivity contribution in [2.24, 2.45) is 11.7 Å². The van der Waals surface area contributed by atoms with Gasteiger partial charge in [0.25, 0.3) is 0 Å². The lowest BCUT2D eigenvalue weighted by molar-refractivity contribution is -0.134. The fourth-order valence-electron chi connectivity index (χ4n) is 2.14. The highest BCUT2D eigenvalue weighted by Crippen LogP contribution is 2.29. The highest BCUT2D eigenvalue weighted by atomic mass is 16.2. The fraction of sp³-hybridized carbons (Fsp3) is 0.562. The van der Waals surface area contributed by atoms with Crippen molar-refractivity contribution in [3.8, 4) is 0 Å². The summed E-state index contributed by atoms with van der Waals surface area (Å²) in [7, 11) is 0. The highest BCUT2D eigenvalue weighted by Gasteiger charge is 2.35. The molecule has 0 aliphatic heterocycles. The molecule has 1 aromatic carbocycles. The van der Waals surface area contributed by atoms with E-state index in [4.69, 9.17) is 5.73 Å². The third-order valence-corrected chi connectivity index (χ3v) is 3.75. The van der Waals surface area contributed by atoms with Gasteiger partial charge in [0.2, 0.25) is 5.91 Å². The third-order valence-electron chi connectivity index (χ3n) is 3.75. The van der Waals surface area contributed by atoms with Gasteiger partial charge in [0, 0.05) is 12.6 Å². The molecule has 0 heterocycles. The van der Waals surface area contributed by atoms with Crippen LogP contribution in [0, 0.1) is 12.8 Å². The van der Waals surface area contributed by atoms with Crippen molar-refractivity contribution in [3.05, 3.63) is 35.4 Å². The topological polar surface area (TPSA) is 46.3 Å². The molecule has 1 amide bonds. The Bertz CT molecular complexity index is 435. The highest BCUT2D eigenvalue weighted by molar-refractivity contribution is 5.82. The molecule has 0 spiro atoms. The minimum absolute atomic E-state index is 0.0954. The Morgan fingerprint density at radius 2 is 1.89 bits per heavy atom. The lowest BCUT2D eigenvalue weighted by Crippen LogP contribution is -2.47. The molecule has 19 heavy (non-hydrogen) atoms. The molecule has 3 heteroatoms. The molecule has 0 bridgehead atoms. The molecule has 1 aliphatic carbocycles. The zero-order valence-corrected chi connectivity index (χ0v) is 12.1. The molecular weight excluding hydrogens is 236 g/mol. The molecule has 0 saturated heterocycles. The normalized spacial score (nSPS) is 16.5. The molecule has 1 saturated carbocycles.